The van der Waals surface area contributed by atoms with Gasteiger partial charge in [-0.05, 0) is 0 Å². The van der Waals surface area contributed by atoms with Gasteiger partial charge in [-0.15, -0.1) is 6.58 Å². The summed E-state index contributed by atoms with van der Waals surface area (Å²) in [6.07, 6.45) is -6.29. The maximum absolute atomic E-state index is 10.6. The summed E-state index contributed by atoms with van der Waals surface area (Å²) in [7, 11) is -4.89. The van der Waals surface area contributed by atoms with Gasteiger partial charge in [0.05, 0.1) is 12.7 Å². The molecular weight excluding hydrogens is 370 g/mol. The first-order valence-electron chi connectivity index (χ1n) is 6.59. The van der Waals surface area contributed by atoms with Gasteiger partial charge in [0.15, 0.2) is 0 Å². The Labute approximate surface area is 142 Å². The molecule has 0 spiro atoms. The summed E-state index contributed by atoms with van der Waals surface area (Å²) in [6.45, 7) is 2.67. The zero-order valence-electron chi connectivity index (χ0n) is 12.2. The van der Waals surface area contributed by atoms with Crippen molar-refractivity contribution in [2.45, 2.75) is 42.4 Å². The summed E-state index contributed by atoms with van der Waals surface area (Å²) in [6, 6.07) is 0. The third-order valence-electron chi connectivity index (χ3n) is 2.99. The minimum Gasteiger partial charge on any atom is -0.394 e. The third kappa shape index (κ3) is 6.27. The number of aliphatic hydroxyl groups is 5. The molecule has 0 amide bonds. The van der Waals surface area contributed by atoms with Crippen molar-refractivity contribution >= 4 is 27.2 Å². The van der Waals surface area contributed by atoms with Gasteiger partial charge < -0.3 is 30.3 Å². The van der Waals surface area contributed by atoms with Crippen LogP contribution in [-0.4, -0.2) is 86.1 Å². The predicted molar refractivity (Wildman–Crippen MR) is 82.2 cm³/mol. The molecule has 0 aliphatic carbocycles. The normalized spacial score (nSPS) is 33.1. The van der Waals surface area contributed by atoms with E-state index in [1.165, 1.54) is 0 Å². The van der Waals surface area contributed by atoms with Gasteiger partial charge in [0.1, 0.15) is 34.9 Å². The van der Waals surface area contributed by atoms with Crippen LogP contribution in [0.25, 0.3) is 0 Å². The van der Waals surface area contributed by atoms with E-state index in [1.807, 2.05) is 0 Å². The number of hydrogen-bond donors (Lipinski definition) is 6. The molecule has 11 nitrogen and oxygen atoms in total. The second-order valence-electron chi connectivity index (χ2n) is 4.81. The number of nitrogens with zero attached hydrogens (tertiary/aromatic N) is 1. The van der Waals surface area contributed by atoms with E-state index in [9.17, 15) is 28.8 Å². The van der Waals surface area contributed by atoms with Crippen LogP contribution < -0.4 is 0 Å². The van der Waals surface area contributed by atoms with Gasteiger partial charge >= 0.3 is 10.4 Å². The van der Waals surface area contributed by atoms with E-state index in [1.54, 1.807) is 0 Å². The van der Waals surface area contributed by atoms with Crippen LogP contribution in [0.1, 0.15) is 6.42 Å². The summed E-state index contributed by atoms with van der Waals surface area (Å²) < 4.78 is 38.8. The van der Waals surface area contributed by atoms with Crippen LogP contribution in [0.5, 0.6) is 0 Å². The molecule has 1 aliphatic rings. The van der Waals surface area contributed by atoms with Crippen LogP contribution in [0.2, 0.25) is 0 Å². The lowest BCUT2D eigenvalue weighted by Gasteiger charge is -2.39. The molecule has 1 rings (SSSR count). The highest BCUT2D eigenvalue weighted by molar-refractivity contribution is 8.14. The standard InChI is InChI=1S/C11H19NO10S2/c1-2-5(14)3-7(12-22-24(18,19)20)23-11-10(17)9(16)8(15)6(4-13)21-11/h2,5-6,8-11,13-17H,1,3-4H2,(H,18,19,20)/b12-7-/t5-,6?,8+,9-,10?,11-/m0/s1. The summed E-state index contributed by atoms with van der Waals surface area (Å²) in [4.78, 5) is 0. The van der Waals surface area contributed by atoms with Gasteiger partial charge in [-0.2, -0.15) is 8.42 Å². The minimum atomic E-state index is -4.89. The fourth-order valence-corrected chi connectivity index (χ4v) is 3.10. The lowest BCUT2D eigenvalue weighted by molar-refractivity contribution is -0.205. The average Bonchev–Trinajstić information content (AvgIpc) is 2.52. The van der Waals surface area contributed by atoms with E-state index < -0.39 is 53.0 Å². The van der Waals surface area contributed by atoms with Gasteiger partial charge in [-0.3, -0.25) is 4.55 Å². The van der Waals surface area contributed by atoms with Gasteiger partial charge in [-0.1, -0.05) is 23.0 Å². The number of ether oxygens (including phenoxy) is 1. The van der Waals surface area contributed by atoms with Crippen molar-refractivity contribution in [3.8, 4) is 0 Å². The van der Waals surface area contributed by atoms with Gasteiger partial charge in [0, 0.05) is 6.42 Å². The molecule has 1 aliphatic heterocycles. The molecule has 2 unspecified atom stereocenters. The average molecular weight is 389 g/mol. The lowest BCUT2D eigenvalue weighted by atomic mass is 10.0. The maximum Gasteiger partial charge on any atom is 0.466 e. The highest BCUT2D eigenvalue weighted by atomic mass is 32.3. The van der Waals surface area contributed by atoms with Crippen molar-refractivity contribution in [2.24, 2.45) is 5.16 Å². The van der Waals surface area contributed by atoms with Crippen LogP contribution in [0.4, 0.5) is 0 Å². The van der Waals surface area contributed by atoms with Gasteiger partial charge in [0.2, 0.25) is 0 Å². The highest BCUT2D eigenvalue weighted by Crippen LogP contribution is 2.30. The molecule has 0 saturated carbocycles. The summed E-state index contributed by atoms with van der Waals surface area (Å²) >= 11 is 0.570. The van der Waals surface area contributed by atoms with E-state index in [0.717, 1.165) is 6.08 Å². The fraction of sp³-hybridized carbons (Fsp3) is 0.727. The molecule has 1 saturated heterocycles. The quantitative estimate of drug-likeness (QED) is 0.0895. The number of hydrogen-bond acceptors (Lipinski definition) is 11. The molecule has 140 valence electrons. The fourth-order valence-electron chi connectivity index (χ4n) is 1.76. The second-order valence-corrected chi connectivity index (χ2v) is 6.99. The zero-order valence-corrected chi connectivity index (χ0v) is 13.9. The van der Waals surface area contributed by atoms with Crippen molar-refractivity contribution < 1.29 is 47.5 Å². The van der Waals surface area contributed by atoms with Crippen LogP contribution in [0.15, 0.2) is 17.8 Å². The van der Waals surface area contributed by atoms with Crippen LogP contribution >= 0.6 is 11.8 Å². The molecule has 6 atom stereocenters. The third-order valence-corrected chi connectivity index (χ3v) is 4.39. The van der Waals surface area contributed by atoms with Crippen molar-refractivity contribution in [3.63, 3.8) is 0 Å². The molecule has 24 heavy (non-hydrogen) atoms. The first-order chi connectivity index (χ1) is 11.1. The molecule has 13 heteroatoms. The number of oxime groups is 1. The zero-order chi connectivity index (χ0) is 18.5. The molecule has 0 aromatic rings. The second kappa shape index (κ2) is 9.07. The van der Waals surface area contributed by atoms with E-state index in [4.69, 9.17) is 14.4 Å². The Morgan fingerprint density at radius 3 is 2.46 bits per heavy atom. The molecule has 0 bridgehead atoms. The smallest absolute Gasteiger partial charge is 0.394 e. The molecule has 0 aromatic carbocycles. The lowest BCUT2D eigenvalue weighted by Crippen LogP contribution is -2.57. The minimum absolute atomic E-state index is 0.218. The monoisotopic (exact) mass is 389 g/mol. The van der Waals surface area contributed by atoms with Crippen LogP contribution in [0, 0.1) is 0 Å². The number of aliphatic hydroxyl groups excluding tert-OH is 5. The van der Waals surface area contributed by atoms with Gasteiger partial charge in [-0.25, -0.2) is 4.28 Å². The molecule has 1 fully saturated rings. The van der Waals surface area contributed by atoms with E-state index in [-0.39, 0.29) is 11.5 Å². The van der Waals surface area contributed by atoms with E-state index in [0.29, 0.717) is 11.8 Å². The maximum atomic E-state index is 10.6. The first-order valence-corrected chi connectivity index (χ1v) is 8.84. The van der Waals surface area contributed by atoms with Crippen LogP contribution in [0.3, 0.4) is 0 Å². The van der Waals surface area contributed by atoms with E-state index in [2.05, 4.69) is 16.0 Å². The summed E-state index contributed by atoms with van der Waals surface area (Å²) in [5.74, 6) is 0. The Balaban J connectivity index is 2.92. The van der Waals surface area contributed by atoms with Crippen LogP contribution in [-0.2, 0) is 19.4 Å². The predicted octanol–water partition coefficient (Wildman–Crippen LogP) is -2.41. The van der Waals surface area contributed by atoms with Crippen molar-refractivity contribution in [3.05, 3.63) is 12.7 Å². The topological polar surface area (TPSA) is 186 Å². The van der Waals surface area contributed by atoms with Crippen molar-refractivity contribution in [1.29, 1.82) is 0 Å². The Hall–Kier alpha value is -0.770. The Morgan fingerprint density at radius 2 is 1.96 bits per heavy atom. The highest BCUT2D eigenvalue weighted by Gasteiger charge is 2.44. The summed E-state index contributed by atoms with van der Waals surface area (Å²) in [5, 5.41) is 50.8. The molecule has 0 radical (unpaired) electrons. The Morgan fingerprint density at radius 1 is 1.33 bits per heavy atom. The summed E-state index contributed by atoms with van der Waals surface area (Å²) in [5.41, 5.74) is -1.26. The largest absolute Gasteiger partial charge is 0.466 e. The first kappa shape index (κ1) is 21.3. The molecule has 0 aromatic heterocycles. The van der Waals surface area contributed by atoms with E-state index >= 15 is 0 Å². The number of thioether (sulfide) groups is 1. The SMILES string of the molecule is C=C[C@H](O)C/C(=N/OS(=O)(=O)O)S[C@@H]1OC(CO)[C@@H](O)[C@H](O)C1O. The molecular formula is C11H19NO10S2. The Kier molecular flexibility index (Phi) is 8.04. The Bertz CT molecular complexity index is 551. The number of rotatable bonds is 7. The molecule has 6 N–H and O–H groups in total. The van der Waals surface area contributed by atoms with Crippen molar-refractivity contribution in [2.75, 3.05) is 6.61 Å². The van der Waals surface area contributed by atoms with Gasteiger partial charge in [0.25, 0.3) is 0 Å². The molecule has 1 heterocycles. The van der Waals surface area contributed by atoms with Crippen molar-refractivity contribution in [1.82, 2.24) is 0 Å².